The van der Waals surface area contributed by atoms with E-state index in [1.165, 1.54) is 25.7 Å². The summed E-state index contributed by atoms with van der Waals surface area (Å²) in [5, 5.41) is 3.53. The van der Waals surface area contributed by atoms with Crippen LogP contribution < -0.4 is 5.32 Å². The van der Waals surface area contributed by atoms with Gasteiger partial charge < -0.3 is 5.32 Å². The molecule has 2 aromatic rings. The van der Waals surface area contributed by atoms with E-state index in [2.05, 4.69) is 36.1 Å². The van der Waals surface area contributed by atoms with Gasteiger partial charge in [-0.05, 0) is 24.0 Å². The van der Waals surface area contributed by atoms with Crippen LogP contribution in [0.2, 0.25) is 0 Å². The maximum Gasteiger partial charge on any atom is 0.0890 e. The Hall–Kier alpha value is -1.48. The van der Waals surface area contributed by atoms with E-state index in [0.717, 1.165) is 29.8 Å². The number of nitrogens with zero attached hydrogens (tertiary/aromatic N) is 2. The van der Waals surface area contributed by atoms with Gasteiger partial charge >= 0.3 is 0 Å². The van der Waals surface area contributed by atoms with Crippen LogP contribution in [-0.4, -0.2) is 16.5 Å². The molecule has 0 aliphatic heterocycles. The maximum atomic E-state index is 4.65. The quantitative estimate of drug-likeness (QED) is 0.734. The van der Waals surface area contributed by atoms with Crippen molar-refractivity contribution in [1.29, 1.82) is 0 Å². The fourth-order valence-corrected chi connectivity index (χ4v) is 2.55. The Labute approximate surface area is 128 Å². The lowest BCUT2D eigenvalue weighted by atomic mass is 9.87. The molecule has 1 N–H and O–H groups in total. The third-order valence-corrected chi connectivity index (χ3v) is 3.87. The lowest BCUT2D eigenvalue weighted by Crippen LogP contribution is -2.29. The van der Waals surface area contributed by atoms with Crippen molar-refractivity contribution < 1.29 is 0 Å². The number of unbranched alkanes of at least 4 members (excludes halogenated alkanes) is 2. The summed E-state index contributed by atoms with van der Waals surface area (Å²) >= 11 is 0. The van der Waals surface area contributed by atoms with Crippen LogP contribution in [-0.2, 0) is 6.54 Å². The zero-order chi connectivity index (χ0) is 15.1. The van der Waals surface area contributed by atoms with Crippen LogP contribution in [0.3, 0.4) is 0 Å². The molecule has 0 aliphatic rings. The van der Waals surface area contributed by atoms with Crippen molar-refractivity contribution >= 4 is 11.0 Å². The molecule has 3 nitrogen and oxygen atoms in total. The molecule has 0 aliphatic carbocycles. The van der Waals surface area contributed by atoms with Gasteiger partial charge in [0.1, 0.15) is 0 Å². The summed E-state index contributed by atoms with van der Waals surface area (Å²) in [6.07, 6.45) is 7.09. The molecular formula is C18H27N3. The van der Waals surface area contributed by atoms with Crippen LogP contribution in [0.25, 0.3) is 11.0 Å². The number of benzene rings is 1. The van der Waals surface area contributed by atoms with Crippen molar-refractivity contribution in [3.63, 3.8) is 0 Å². The molecule has 3 heteroatoms. The van der Waals surface area contributed by atoms with Crippen LogP contribution >= 0.6 is 0 Å². The molecule has 0 unspecified atom stereocenters. The highest BCUT2D eigenvalue weighted by atomic mass is 14.9. The Bertz CT molecular complexity index is 563. The molecule has 0 fully saturated rings. The van der Waals surface area contributed by atoms with Crippen LogP contribution in [0.15, 0.2) is 30.5 Å². The third kappa shape index (κ3) is 5.09. The van der Waals surface area contributed by atoms with Gasteiger partial charge in [-0.2, -0.15) is 0 Å². The SMILES string of the molecule is CCCCCC(C)(C)CNCc1cnc2ccccc2n1. The zero-order valence-electron chi connectivity index (χ0n) is 13.5. The van der Waals surface area contributed by atoms with E-state index >= 15 is 0 Å². The molecule has 0 saturated carbocycles. The number of fused-ring (bicyclic) bond motifs is 1. The Morgan fingerprint density at radius 3 is 2.62 bits per heavy atom. The predicted molar refractivity (Wildman–Crippen MR) is 89.2 cm³/mol. The number of aromatic nitrogens is 2. The molecule has 1 aromatic heterocycles. The second-order valence-electron chi connectivity index (χ2n) is 6.57. The van der Waals surface area contributed by atoms with E-state index < -0.39 is 0 Å². The Morgan fingerprint density at radius 2 is 1.86 bits per heavy atom. The van der Waals surface area contributed by atoms with Gasteiger partial charge in [-0.15, -0.1) is 0 Å². The van der Waals surface area contributed by atoms with Crippen LogP contribution in [0.4, 0.5) is 0 Å². The van der Waals surface area contributed by atoms with Crippen molar-refractivity contribution in [2.75, 3.05) is 6.54 Å². The topological polar surface area (TPSA) is 37.8 Å². The van der Waals surface area contributed by atoms with E-state index in [0.29, 0.717) is 5.41 Å². The van der Waals surface area contributed by atoms with E-state index in [4.69, 9.17) is 0 Å². The van der Waals surface area contributed by atoms with E-state index in [1.807, 2.05) is 30.5 Å². The van der Waals surface area contributed by atoms with E-state index in [1.54, 1.807) is 0 Å². The molecule has 0 saturated heterocycles. The van der Waals surface area contributed by atoms with Gasteiger partial charge in [0.05, 0.1) is 22.9 Å². The highest BCUT2D eigenvalue weighted by Crippen LogP contribution is 2.22. The number of nitrogens with one attached hydrogen (secondary N) is 1. The van der Waals surface area contributed by atoms with Gasteiger partial charge in [0, 0.05) is 13.1 Å². The first-order valence-electron chi connectivity index (χ1n) is 8.02. The first kappa shape index (κ1) is 15.9. The number of hydrogen-bond acceptors (Lipinski definition) is 3. The van der Waals surface area contributed by atoms with Crippen LogP contribution in [0, 0.1) is 5.41 Å². The summed E-state index contributed by atoms with van der Waals surface area (Å²) in [4.78, 5) is 9.10. The van der Waals surface area contributed by atoms with Crippen molar-refractivity contribution in [2.45, 2.75) is 53.0 Å². The Kier molecular flexibility index (Phi) is 5.68. The number of rotatable bonds is 8. The summed E-state index contributed by atoms with van der Waals surface area (Å²) in [6.45, 7) is 8.73. The van der Waals surface area contributed by atoms with Crippen molar-refractivity contribution in [2.24, 2.45) is 5.41 Å². The Balaban J connectivity index is 1.84. The second-order valence-corrected chi connectivity index (χ2v) is 6.57. The Morgan fingerprint density at radius 1 is 1.10 bits per heavy atom. The first-order valence-corrected chi connectivity index (χ1v) is 8.02. The fourth-order valence-electron chi connectivity index (χ4n) is 2.55. The summed E-state index contributed by atoms with van der Waals surface area (Å²) in [7, 11) is 0. The summed E-state index contributed by atoms with van der Waals surface area (Å²) < 4.78 is 0. The van der Waals surface area contributed by atoms with Crippen molar-refractivity contribution in [3.05, 3.63) is 36.2 Å². The number of hydrogen-bond donors (Lipinski definition) is 1. The van der Waals surface area contributed by atoms with Gasteiger partial charge in [0.25, 0.3) is 0 Å². The zero-order valence-corrected chi connectivity index (χ0v) is 13.5. The number of para-hydroxylation sites is 2. The molecule has 1 heterocycles. The minimum Gasteiger partial charge on any atom is -0.311 e. The summed E-state index contributed by atoms with van der Waals surface area (Å²) in [6, 6.07) is 8.01. The molecule has 2 rings (SSSR count). The standard InChI is InChI=1S/C18H27N3/c1-4-5-8-11-18(2,3)14-19-12-15-13-20-16-9-6-7-10-17(16)21-15/h6-7,9-10,13,19H,4-5,8,11-12,14H2,1-3H3. The maximum absolute atomic E-state index is 4.65. The summed E-state index contributed by atoms with van der Waals surface area (Å²) in [5.74, 6) is 0. The molecule has 0 amide bonds. The van der Waals surface area contributed by atoms with Crippen LogP contribution in [0.5, 0.6) is 0 Å². The van der Waals surface area contributed by atoms with Gasteiger partial charge in [-0.1, -0.05) is 52.2 Å². The highest BCUT2D eigenvalue weighted by molar-refractivity contribution is 5.73. The van der Waals surface area contributed by atoms with Crippen molar-refractivity contribution in [3.8, 4) is 0 Å². The predicted octanol–water partition coefficient (Wildman–Crippen LogP) is 4.33. The minimum atomic E-state index is 0.347. The van der Waals surface area contributed by atoms with Gasteiger partial charge in [0.2, 0.25) is 0 Å². The normalized spacial score (nSPS) is 12.0. The largest absolute Gasteiger partial charge is 0.311 e. The lowest BCUT2D eigenvalue weighted by Gasteiger charge is -2.25. The fraction of sp³-hybridized carbons (Fsp3) is 0.556. The van der Waals surface area contributed by atoms with Crippen LogP contribution in [0.1, 0.15) is 52.1 Å². The van der Waals surface area contributed by atoms with Gasteiger partial charge in [-0.3, -0.25) is 4.98 Å². The average Bonchev–Trinajstić information content (AvgIpc) is 2.47. The minimum absolute atomic E-state index is 0.347. The van der Waals surface area contributed by atoms with E-state index in [9.17, 15) is 0 Å². The molecule has 0 radical (unpaired) electrons. The molecule has 21 heavy (non-hydrogen) atoms. The molecular weight excluding hydrogens is 258 g/mol. The smallest absolute Gasteiger partial charge is 0.0890 e. The highest BCUT2D eigenvalue weighted by Gasteiger charge is 2.16. The summed E-state index contributed by atoms with van der Waals surface area (Å²) in [5.41, 5.74) is 3.29. The first-order chi connectivity index (χ1) is 10.1. The molecule has 0 bridgehead atoms. The molecule has 0 spiro atoms. The molecule has 114 valence electrons. The van der Waals surface area contributed by atoms with Crippen molar-refractivity contribution in [1.82, 2.24) is 15.3 Å². The average molecular weight is 285 g/mol. The van der Waals surface area contributed by atoms with E-state index in [-0.39, 0.29) is 0 Å². The second kappa shape index (κ2) is 7.51. The van der Waals surface area contributed by atoms with Gasteiger partial charge in [0.15, 0.2) is 0 Å². The van der Waals surface area contributed by atoms with Gasteiger partial charge in [-0.25, -0.2) is 4.98 Å². The monoisotopic (exact) mass is 285 g/mol. The molecule has 0 atom stereocenters. The third-order valence-electron chi connectivity index (χ3n) is 3.87. The lowest BCUT2D eigenvalue weighted by molar-refractivity contribution is 0.301. The molecule has 1 aromatic carbocycles.